The second kappa shape index (κ2) is 7.03. The number of aromatic nitrogens is 1. The molecule has 1 unspecified atom stereocenters. The van der Waals surface area contributed by atoms with Crippen molar-refractivity contribution in [3.05, 3.63) is 65.4 Å². The van der Waals surface area contributed by atoms with Crippen molar-refractivity contribution in [2.45, 2.75) is 31.2 Å². The molecule has 0 aliphatic heterocycles. The van der Waals surface area contributed by atoms with Crippen LogP contribution in [0.4, 0.5) is 0 Å². The summed E-state index contributed by atoms with van der Waals surface area (Å²) < 4.78 is 5.21. The van der Waals surface area contributed by atoms with Crippen molar-refractivity contribution in [3.8, 4) is 5.75 Å². The normalized spacial score (nSPS) is 18.5. The molecule has 2 amide bonds. The molecule has 0 saturated heterocycles. The van der Waals surface area contributed by atoms with Crippen LogP contribution in [-0.2, 0) is 28.9 Å². The van der Waals surface area contributed by atoms with Crippen LogP contribution in [0.1, 0.15) is 23.2 Å². The molecule has 1 atom stereocenters. The van der Waals surface area contributed by atoms with E-state index in [1.807, 2.05) is 48.5 Å². The minimum absolute atomic E-state index is 0.160. The number of nitrogens with two attached hydrogens (primary N) is 1. The van der Waals surface area contributed by atoms with E-state index in [9.17, 15) is 9.59 Å². The lowest BCUT2D eigenvalue weighted by Gasteiger charge is -2.35. The zero-order chi connectivity index (χ0) is 19.7. The van der Waals surface area contributed by atoms with E-state index >= 15 is 0 Å². The summed E-state index contributed by atoms with van der Waals surface area (Å²) in [7, 11) is 1.59. The fourth-order valence-corrected chi connectivity index (χ4v) is 4.06. The minimum Gasteiger partial charge on any atom is -0.497 e. The van der Waals surface area contributed by atoms with Gasteiger partial charge in [-0.2, -0.15) is 0 Å². The maximum atomic E-state index is 12.7. The van der Waals surface area contributed by atoms with Crippen LogP contribution < -0.4 is 15.8 Å². The van der Waals surface area contributed by atoms with Crippen LogP contribution >= 0.6 is 0 Å². The summed E-state index contributed by atoms with van der Waals surface area (Å²) in [5, 5.41) is 4.02. The molecule has 4 rings (SSSR count). The van der Waals surface area contributed by atoms with Gasteiger partial charge in [0.05, 0.1) is 13.5 Å². The number of fused-ring (bicyclic) bond motifs is 3. The molecule has 4 N–H and O–H groups in total. The monoisotopic (exact) mass is 377 g/mol. The Hall–Kier alpha value is -3.28. The SMILES string of the molecule is COc1cccc(CC(=O)NC2(C(N)=O)CCc3[nH]c4ccccc4c3C2)c1. The molecule has 0 fully saturated rings. The Balaban J connectivity index is 1.58. The van der Waals surface area contributed by atoms with E-state index in [1.165, 1.54) is 0 Å². The predicted molar refractivity (Wildman–Crippen MR) is 107 cm³/mol. The van der Waals surface area contributed by atoms with Crippen LogP contribution in [0.3, 0.4) is 0 Å². The van der Waals surface area contributed by atoms with E-state index in [1.54, 1.807) is 7.11 Å². The molecule has 0 saturated carbocycles. The van der Waals surface area contributed by atoms with Crippen molar-refractivity contribution in [2.75, 3.05) is 7.11 Å². The summed E-state index contributed by atoms with van der Waals surface area (Å²) in [6.45, 7) is 0. The van der Waals surface area contributed by atoms with Crippen LogP contribution in [0.25, 0.3) is 10.9 Å². The van der Waals surface area contributed by atoms with Crippen molar-refractivity contribution in [2.24, 2.45) is 5.73 Å². The molecule has 0 spiro atoms. The highest BCUT2D eigenvalue weighted by molar-refractivity contribution is 5.93. The first kappa shape index (κ1) is 18.1. The Morgan fingerprint density at radius 1 is 1.21 bits per heavy atom. The second-order valence-corrected chi connectivity index (χ2v) is 7.33. The van der Waals surface area contributed by atoms with Gasteiger partial charge in [-0.3, -0.25) is 9.59 Å². The van der Waals surface area contributed by atoms with Gasteiger partial charge in [0.1, 0.15) is 11.3 Å². The van der Waals surface area contributed by atoms with Crippen LogP contribution in [-0.4, -0.2) is 29.4 Å². The Bertz CT molecular complexity index is 1060. The quantitative estimate of drug-likeness (QED) is 0.636. The fourth-order valence-electron chi connectivity index (χ4n) is 4.06. The standard InChI is InChI=1S/C22H23N3O3/c1-28-15-6-4-5-14(11-15)12-20(26)25-22(21(23)27)10-9-19-17(13-22)16-7-2-3-8-18(16)24-19/h2-8,11,24H,9-10,12-13H2,1H3,(H2,23,27)(H,25,26). The number of methoxy groups -OCH3 is 1. The summed E-state index contributed by atoms with van der Waals surface area (Å²) in [5.74, 6) is -0.0335. The van der Waals surface area contributed by atoms with E-state index in [0.29, 0.717) is 25.0 Å². The molecule has 1 heterocycles. The molecule has 0 bridgehead atoms. The number of H-pyrrole nitrogens is 1. The molecule has 1 aliphatic rings. The number of carbonyl (C=O) groups excluding carboxylic acids is 2. The number of primary amides is 1. The molecule has 1 aliphatic carbocycles. The van der Waals surface area contributed by atoms with Gasteiger partial charge in [0.15, 0.2) is 0 Å². The van der Waals surface area contributed by atoms with E-state index < -0.39 is 11.4 Å². The predicted octanol–water partition coefficient (Wildman–Crippen LogP) is 2.25. The van der Waals surface area contributed by atoms with Gasteiger partial charge in [0.2, 0.25) is 11.8 Å². The fraction of sp³-hybridized carbons (Fsp3) is 0.273. The zero-order valence-electron chi connectivity index (χ0n) is 15.7. The van der Waals surface area contributed by atoms with Gasteiger partial charge in [-0.05, 0) is 42.2 Å². The molecule has 6 nitrogen and oxygen atoms in total. The van der Waals surface area contributed by atoms with Gasteiger partial charge in [0.25, 0.3) is 0 Å². The highest BCUT2D eigenvalue weighted by Crippen LogP contribution is 2.34. The third kappa shape index (κ3) is 3.22. The number of ether oxygens (including phenoxy) is 1. The first-order valence-electron chi connectivity index (χ1n) is 9.33. The molecule has 2 aromatic carbocycles. The van der Waals surface area contributed by atoms with E-state index in [2.05, 4.69) is 10.3 Å². The number of aryl methyl sites for hydroxylation is 1. The Morgan fingerprint density at radius 2 is 2.04 bits per heavy atom. The largest absolute Gasteiger partial charge is 0.497 e. The number of aromatic amines is 1. The number of rotatable bonds is 5. The number of nitrogens with one attached hydrogen (secondary N) is 2. The number of hydrogen-bond donors (Lipinski definition) is 3. The Labute approximate surface area is 163 Å². The Morgan fingerprint density at radius 3 is 2.82 bits per heavy atom. The summed E-state index contributed by atoms with van der Waals surface area (Å²) in [6, 6.07) is 15.3. The molecule has 1 aromatic heterocycles. The van der Waals surface area contributed by atoms with Crippen LogP contribution in [0, 0.1) is 0 Å². The van der Waals surface area contributed by atoms with E-state index in [0.717, 1.165) is 27.7 Å². The van der Waals surface area contributed by atoms with Crippen LogP contribution in [0.15, 0.2) is 48.5 Å². The lowest BCUT2D eigenvalue weighted by Crippen LogP contribution is -2.60. The first-order chi connectivity index (χ1) is 13.5. The van der Waals surface area contributed by atoms with Gasteiger partial charge >= 0.3 is 0 Å². The maximum Gasteiger partial charge on any atom is 0.243 e. The van der Waals surface area contributed by atoms with Crippen molar-refractivity contribution in [1.29, 1.82) is 0 Å². The number of carbonyl (C=O) groups is 2. The lowest BCUT2D eigenvalue weighted by atomic mass is 9.79. The van der Waals surface area contributed by atoms with Crippen molar-refractivity contribution >= 4 is 22.7 Å². The first-order valence-corrected chi connectivity index (χ1v) is 9.33. The maximum absolute atomic E-state index is 12.7. The molecular weight excluding hydrogens is 354 g/mol. The second-order valence-electron chi connectivity index (χ2n) is 7.33. The molecular formula is C22H23N3O3. The Kier molecular flexibility index (Phi) is 4.55. The lowest BCUT2D eigenvalue weighted by molar-refractivity contribution is -0.131. The molecule has 0 radical (unpaired) electrons. The van der Waals surface area contributed by atoms with Gasteiger partial charge in [0, 0.05) is 23.0 Å². The van der Waals surface area contributed by atoms with Crippen molar-refractivity contribution in [3.63, 3.8) is 0 Å². The average molecular weight is 377 g/mol. The number of benzene rings is 2. The molecule has 6 heteroatoms. The highest BCUT2D eigenvalue weighted by Gasteiger charge is 2.42. The molecule has 28 heavy (non-hydrogen) atoms. The minimum atomic E-state index is -1.08. The van der Waals surface area contributed by atoms with Gasteiger partial charge in [-0.25, -0.2) is 0 Å². The summed E-state index contributed by atoms with van der Waals surface area (Å²) in [6.07, 6.45) is 1.69. The van der Waals surface area contributed by atoms with Gasteiger partial charge in [-0.1, -0.05) is 30.3 Å². The average Bonchev–Trinajstić information content (AvgIpc) is 3.05. The third-order valence-corrected chi connectivity index (χ3v) is 5.53. The topological polar surface area (TPSA) is 97.2 Å². The van der Waals surface area contributed by atoms with E-state index in [-0.39, 0.29) is 12.3 Å². The summed E-state index contributed by atoms with van der Waals surface area (Å²) >= 11 is 0. The van der Waals surface area contributed by atoms with Gasteiger partial charge < -0.3 is 20.8 Å². The van der Waals surface area contributed by atoms with Crippen molar-refractivity contribution < 1.29 is 14.3 Å². The number of amides is 2. The molecule has 3 aromatic rings. The summed E-state index contributed by atoms with van der Waals surface area (Å²) in [4.78, 5) is 28.6. The summed E-state index contributed by atoms with van der Waals surface area (Å²) in [5.41, 5.74) is 8.73. The highest BCUT2D eigenvalue weighted by atomic mass is 16.5. The zero-order valence-corrected chi connectivity index (χ0v) is 15.7. The van der Waals surface area contributed by atoms with E-state index in [4.69, 9.17) is 10.5 Å². The number of hydrogen-bond acceptors (Lipinski definition) is 3. The van der Waals surface area contributed by atoms with Crippen LogP contribution in [0.5, 0.6) is 5.75 Å². The molecule has 144 valence electrons. The van der Waals surface area contributed by atoms with Crippen molar-refractivity contribution in [1.82, 2.24) is 10.3 Å². The van der Waals surface area contributed by atoms with Crippen LogP contribution in [0.2, 0.25) is 0 Å². The number of para-hydroxylation sites is 1. The van der Waals surface area contributed by atoms with Gasteiger partial charge in [-0.15, -0.1) is 0 Å². The smallest absolute Gasteiger partial charge is 0.243 e. The third-order valence-electron chi connectivity index (χ3n) is 5.53.